The Morgan fingerprint density at radius 2 is 2.23 bits per heavy atom. The molecule has 1 aromatic heterocycles. The highest BCUT2D eigenvalue weighted by Crippen LogP contribution is 2.11. The number of carbonyl (C=O) groups is 1. The molecule has 1 aromatic rings. The van der Waals surface area contributed by atoms with Crippen LogP contribution in [-0.4, -0.2) is 20.8 Å². The summed E-state index contributed by atoms with van der Waals surface area (Å²) >= 11 is 0. The van der Waals surface area contributed by atoms with Crippen LogP contribution in [-0.2, 0) is 7.05 Å². The average Bonchev–Trinajstić information content (AvgIpc) is 2.31. The zero-order chi connectivity index (χ0) is 10.0. The Morgan fingerprint density at radius 1 is 1.62 bits per heavy atom. The summed E-state index contributed by atoms with van der Waals surface area (Å²) in [6.07, 6.45) is 0. The number of carbonyl (C=O) groups excluding carboxylic acids is 1. The maximum absolute atomic E-state index is 10.5. The number of rotatable bonds is 2. The molecule has 1 heterocycles. The van der Waals surface area contributed by atoms with E-state index in [1.165, 1.54) is 4.68 Å². The van der Waals surface area contributed by atoms with Crippen molar-refractivity contribution < 1.29 is 4.79 Å². The van der Waals surface area contributed by atoms with Gasteiger partial charge in [0.1, 0.15) is 0 Å². The minimum atomic E-state index is -0.634. The molecule has 0 aromatic carbocycles. The molecule has 0 unspecified atom stereocenters. The molecule has 13 heavy (non-hydrogen) atoms. The van der Waals surface area contributed by atoms with Gasteiger partial charge in [0.05, 0.1) is 0 Å². The first-order chi connectivity index (χ1) is 6.00. The van der Waals surface area contributed by atoms with E-state index in [1.54, 1.807) is 7.05 Å². The van der Waals surface area contributed by atoms with Crippen molar-refractivity contribution in [2.75, 3.05) is 5.32 Å². The van der Waals surface area contributed by atoms with Crippen molar-refractivity contribution in [1.29, 1.82) is 0 Å². The lowest BCUT2D eigenvalue weighted by Gasteiger charge is -1.96. The molecule has 3 N–H and O–H groups in total. The van der Waals surface area contributed by atoms with Crippen molar-refractivity contribution in [3.63, 3.8) is 0 Å². The lowest BCUT2D eigenvalue weighted by Crippen LogP contribution is -2.21. The Balaban J connectivity index is 2.89. The molecular formula is C7H13N5O. The van der Waals surface area contributed by atoms with Crippen molar-refractivity contribution in [1.82, 2.24) is 14.8 Å². The lowest BCUT2D eigenvalue weighted by atomic mass is 10.2. The van der Waals surface area contributed by atoms with Gasteiger partial charge in [-0.15, -0.1) is 0 Å². The van der Waals surface area contributed by atoms with Crippen molar-refractivity contribution in [3.05, 3.63) is 5.82 Å². The summed E-state index contributed by atoms with van der Waals surface area (Å²) in [7, 11) is 1.70. The van der Waals surface area contributed by atoms with E-state index in [0.717, 1.165) is 0 Å². The molecule has 0 atom stereocenters. The number of primary amides is 1. The zero-order valence-corrected chi connectivity index (χ0v) is 7.90. The summed E-state index contributed by atoms with van der Waals surface area (Å²) in [6.45, 7) is 3.95. The molecule has 0 saturated heterocycles. The van der Waals surface area contributed by atoms with Crippen LogP contribution in [0.2, 0.25) is 0 Å². The normalized spacial score (nSPS) is 10.5. The van der Waals surface area contributed by atoms with Crippen LogP contribution < -0.4 is 11.1 Å². The molecule has 1 rings (SSSR count). The molecule has 6 nitrogen and oxygen atoms in total. The molecule has 0 aliphatic rings. The molecule has 0 radical (unpaired) electrons. The summed E-state index contributed by atoms with van der Waals surface area (Å²) < 4.78 is 1.49. The van der Waals surface area contributed by atoms with Crippen LogP contribution in [0.3, 0.4) is 0 Å². The van der Waals surface area contributed by atoms with E-state index in [-0.39, 0.29) is 5.92 Å². The monoisotopic (exact) mass is 183 g/mol. The fourth-order valence-electron chi connectivity index (χ4n) is 0.868. The number of aryl methyl sites for hydroxylation is 1. The molecule has 0 fully saturated rings. The molecule has 0 aliphatic carbocycles. The van der Waals surface area contributed by atoms with Gasteiger partial charge in [-0.1, -0.05) is 13.8 Å². The van der Waals surface area contributed by atoms with Gasteiger partial charge in [0.15, 0.2) is 5.82 Å². The van der Waals surface area contributed by atoms with Crippen LogP contribution in [0.1, 0.15) is 25.6 Å². The van der Waals surface area contributed by atoms with Crippen LogP contribution >= 0.6 is 0 Å². The third-order valence-corrected chi connectivity index (χ3v) is 1.53. The smallest absolute Gasteiger partial charge is 0.318 e. The van der Waals surface area contributed by atoms with E-state index in [1.807, 2.05) is 13.8 Å². The summed E-state index contributed by atoms with van der Waals surface area (Å²) in [5.41, 5.74) is 4.95. The summed E-state index contributed by atoms with van der Waals surface area (Å²) in [5, 5.41) is 6.48. The number of hydrogen-bond acceptors (Lipinski definition) is 3. The van der Waals surface area contributed by atoms with Crippen molar-refractivity contribution in [3.8, 4) is 0 Å². The fraction of sp³-hybridized carbons (Fsp3) is 0.571. The second-order valence-electron chi connectivity index (χ2n) is 3.06. The highest BCUT2D eigenvalue weighted by molar-refractivity contribution is 5.85. The highest BCUT2D eigenvalue weighted by atomic mass is 16.2. The maximum Gasteiger partial charge on any atom is 0.318 e. The predicted octanol–water partition coefficient (Wildman–Crippen LogP) is 0.429. The van der Waals surface area contributed by atoms with Gasteiger partial charge in [0, 0.05) is 13.0 Å². The number of anilines is 1. The summed E-state index contributed by atoms with van der Waals surface area (Å²) in [4.78, 5) is 14.6. The number of nitrogens with one attached hydrogen (secondary N) is 1. The number of aromatic nitrogens is 3. The van der Waals surface area contributed by atoms with Gasteiger partial charge in [-0.2, -0.15) is 10.1 Å². The van der Waals surface area contributed by atoms with Gasteiger partial charge in [-0.25, -0.2) is 9.48 Å². The molecule has 0 aliphatic heterocycles. The number of amides is 2. The standard InChI is InChI=1S/C7H13N5O/c1-4(2)5-9-7(10-6(8)13)12(3)11-5/h4H,1-3H3,(H3,8,9,10,11,13). The SMILES string of the molecule is CC(C)c1nc(NC(N)=O)n(C)n1. The van der Waals surface area contributed by atoms with Gasteiger partial charge in [-0.05, 0) is 0 Å². The van der Waals surface area contributed by atoms with Crippen LogP contribution in [0.4, 0.5) is 10.7 Å². The first-order valence-electron chi connectivity index (χ1n) is 3.98. The third kappa shape index (κ3) is 2.17. The highest BCUT2D eigenvalue weighted by Gasteiger charge is 2.10. The van der Waals surface area contributed by atoms with E-state index in [9.17, 15) is 4.79 Å². The molecule has 0 spiro atoms. The molecule has 6 heteroatoms. The van der Waals surface area contributed by atoms with E-state index >= 15 is 0 Å². The Bertz CT molecular complexity index is 317. The molecule has 0 saturated carbocycles. The van der Waals surface area contributed by atoms with Gasteiger partial charge in [0.25, 0.3) is 0 Å². The van der Waals surface area contributed by atoms with Gasteiger partial charge < -0.3 is 5.73 Å². The van der Waals surface area contributed by atoms with Crippen LogP contribution in [0.25, 0.3) is 0 Å². The largest absolute Gasteiger partial charge is 0.351 e. The first kappa shape index (κ1) is 9.50. The fourth-order valence-corrected chi connectivity index (χ4v) is 0.868. The first-order valence-corrected chi connectivity index (χ1v) is 3.98. The Labute approximate surface area is 76.1 Å². The Morgan fingerprint density at radius 3 is 2.62 bits per heavy atom. The van der Waals surface area contributed by atoms with Crippen molar-refractivity contribution in [2.24, 2.45) is 12.8 Å². The second kappa shape index (κ2) is 3.42. The van der Waals surface area contributed by atoms with Crippen LogP contribution in [0.5, 0.6) is 0 Å². The van der Waals surface area contributed by atoms with E-state index in [2.05, 4.69) is 15.4 Å². The summed E-state index contributed by atoms with van der Waals surface area (Å²) in [5.74, 6) is 1.29. The number of hydrogen-bond donors (Lipinski definition) is 2. The molecule has 0 bridgehead atoms. The predicted molar refractivity (Wildman–Crippen MR) is 48.3 cm³/mol. The van der Waals surface area contributed by atoms with Crippen molar-refractivity contribution >= 4 is 12.0 Å². The molecule has 72 valence electrons. The minimum Gasteiger partial charge on any atom is -0.351 e. The van der Waals surface area contributed by atoms with E-state index in [4.69, 9.17) is 5.73 Å². The quantitative estimate of drug-likeness (QED) is 0.697. The van der Waals surface area contributed by atoms with Crippen molar-refractivity contribution in [2.45, 2.75) is 19.8 Å². The maximum atomic E-state index is 10.5. The average molecular weight is 183 g/mol. The summed E-state index contributed by atoms with van der Waals surface area (Å²) in [6, 6.07) is -0.634. The Kier molecular flexibility index (Phi) is 2.50. The van der Waals surface area contributed by atoms with Crippen LogP contribution in [0, 0.1) is 0 Å². The van der Waals surface area contributed by atoms with Crippen LogP contribution in [0.15, 0.2) is 0 Å². The molecule has 2 amide bonds. The number of nitrogens with zero attached hydrogens (tertiary/aromatic N) is 3. The Hall–Kier alpha value is -1.59. The van der Waals surface area contributed by atoms with E-state index in [0.29, 0.717) is 11.8 Å². The van der Waals surface area contributed by atoms with Gasteiger partial charge in [0.2, 0.25) is 5.95 Å². The number of urea groups is 1. The zero-order valence-electron chi connectivity index (χ0n) is 7.90. The third-order valence-electron chi connectivity index (χ3n) is 1.53. The van der Waals surface area contributed by atoms with Gasteiger partial charge in [-0.3, -0.25) is 5.32 Å². The topological polar surface area (TPSA) is 85.8 Å². The number of nitrogens with two attached hydrogens (primary N) is 1. The second-order valence-corrected chi connectivity index (χ2v) is 3.06. The minimum absolute atomic E-state index is 0.231. The van der Waals surface area contributed by atoms with Gasteiger partial charge >= 0.3 is 6.03 Å². The van der Waals surface area contributed by atoms with E-state index < -0.39 is 6.03 Å². The lowest BCUT2D eigenvalue weighted by molar-refractivity contribution is 0.259. The molecular weight excluding hydrogens is 170 g/mol.